The van der Waals surface area contributed by atoms with E-state index in [1.165, 1.54) is 5.56 Å². The summed E-state index contributed by atoms with van der Waals surface area (Å²) < 4.78 is 0. The second-order valence-corrected chi connectivity index (χ2v) is 6.09. The molecule has 2 atom stereocenters. The third-order valence-electron chi connectivity index (χ3n) is 4.07. The highest BCUT2D eigenvalue weighted by Crippen LogP contribution is 2.17. The topological polar surface area (TPSA) is 54.5 Å². The number of hydrogen-bond donors (Lipinski definition) is 1. The molecule has 4 heteroatoms. The van der Waals surface area contributed by atoms with E-state index in [1.807, 2.05) is 18.3 Å². The molecule has 1 aromatic heterocycles. The molecule has 0 amide bonds. The Labute approximate surface area is 131 Å². The van der Waals surface area contributed by atoms with Crippen LogP contribution in [0.1, 0.15) is 19.4 Å². The van der Waals surface area contributed by atoms with Crippen LogP contribution in [0.4, 0.5) is 0 Å². The summed E-state index contributed by atoms with van der Waals surface area (Å²) in [6.07, 6.45) is 5.71. The van der Waals surface area contributed by atoms with Crippen LogP contribution in [0.5, 0.6) is 0 Å². The van der Waals surface area contributed by atoms with Crippen LogP contribution in [0.2, 0.25) is 0 Å². The molecule has 0 bridgehead atoms. The van der Waals surface area contributed by atoms with Gasteiger partial charge in [-0.15, -0.1) is 0 Å². The van der Waals surface area contributed by atoms with Gasteiger partial charge in [0, 0.05) is 30.2 Å². The number of fused-ring (bicyclic) bond motifs is 1. The molecular weight excluding hydrogens is 272 g/mol. The summed E-state index contributed by atoms with van der Waals surface area (Å²) in [4.78, 5) is 11.3. The maximum atomic E-state index is 6.42. The van der Waals surface area contributed by atoms with Gasteiger partial charge in [0.05, 0.1) is 11.6 Å². The van der Waals surface area contributed by atoms with Crippen LogP contribution in [0, 0.1) is 5.92 Å². The lowest BCUT2D eigenvalue weighted by Gasteiger charge is -2.35. The number of pyridine rings is 1. The molecule has 0 radical (unpaired) electrons. The van der Waals surface area contributed by atoms with Gasteiger partial charge < -0.3 is 10.6 Å². The van der Waals surface area contributed by atoms with Crippen LogP contribution in [-0.2, 0) is 6.54 Å². The van der Waals surface area contributed by atoms with E-state index in [9.17, 15) is 0 Å². The lowest BCUT2D eigenvalue weighted by Crippen LogP contribution is -2.52. The monoisotopic (exact) mass is 294 g/mol. The Morgan fingerprint density at radius 2 is 1.95 bits per heavy atom. The van der Waals surface area contributed by atoms with E-state index < -0.39 is 0 Å². The van der Waals surface area contributed by atoms with Crippen molar-refractivity contribution < 1.29 is 0 Å². The Bertz CT molecular complexity index is 739. The van der Waals surface area contributed by atoms with Gasteiger partial charge in [0.15, 0.2) is 0 Å². The van der Waals surface area contributed by atoms with Crippen molar-refractivity contribution >= 4 is 6.20 Å². The van der Waals surface area contributed by atoms with Crippen molar-refractivity contribution in [2.45, 2.75) is 32.6 Å². The summed E-state index contributed by atoms with van der Waals surface area (Å²) in [7, 11) is 0. The molecule has 2 aromatic rings. The summed E-state index contributed by atoms with van der Waals surface area (Å²) in [6.45, 7) is 5.08. The van der Waals surface area contributed by atoms with E-state index in [4.69, 9.17) is 10.7 Å². The molecule has 1 aliphatic heterocycles. The first-order chi connectivity index (χ1) is 10.6. The standard InChI is InChI=1S/C18H22N4/c1-13(2)17(19)18-21-16-10-20-9-8-15(16)12-22(18)11-14-6-4-3-5-7-14/h3-10,12-13,17-18H,11,19H2,1-2H3. The summed E-state index contributed by atoms with van der Waals surface area (Å²) in [6, 6.07) is 12.4. The van der Waals surface area contributed by atoms with Gasteiger partial charge in [-0.05, 0) is 17.5 Å². The number of nitrogens with two attached hydrogens (primary N) is 1. The number of rotatable bonds is 4. The molecular formula is C18H22N4. The van der Waals surface area contributed by atoms with Crippen molar-refractivity contribution in [3.8, 4) is 0 Å². The first-order valence-electron chi connectivity index (χ1n) is 7.70. The van der Waals surface area contributed by atoms with Gasteiger partial charge in [-0.1, -0.05) is 44.2 Å². The normalized spacial score (nSPS) is 18.4. The molecule has 22 heavy (non-hydrogen) atoms. The minimum Gasteiger partial charge on any atom is -0.350 e. The Morgan fingerprint density at radius 1 is 1.18 bits per heavy atom. The fourth-order valence-corrected chi connectivity index (χ4v) is 2.67. The number of hydrogen-bond acceptors (Lipinski definition) is 4. The van der Waals surface area contributed by atoms with Crippen molar-refractivity contribution in [2.24, 2.45) is 16.6 Å². The number of benzene rings is 1. The number of nitrogens with zero attached hydrogens (tertiary/aromatic N) is 3. The van der Waals surface area contributed by atoms with Gasteiger partial charge in [0.1, 0.15) is 6.17 Å². The second kappa shape index (κ2) is 6.28. The summed E-state index contributed by atoms with van der Waals surface area (Å²) in [5.41, 5.74) is 7.67. The van der Waals surface area contributed by atoms with Gasteiger partial charge in [-0.2, -0.15) is 0 Å². The lowest BCUT2D eigenvalue weighted by atomic mass is 10.0. The molecule has 0 saturated heterocycles. The van der Waals surface area contributed by atoms with Gasteiger partial charge in [0.2, 0.25) is 0 Å². The molecule has 1 aromatic carbocycles. The first-order valence-corrected chi connectivity index (χ1v) is 7.70. The van der Waals surface area contributed by atoms with E-state index in [2.05, 4.69) is 54.2 Å². The molecule has 0 spiro atoms. The molecule has 3 rings (SSSR count). The molecule has 2 N–H and O–H groups in total. The summed E-state index contributed by atoms with van der Waals surface area (Å²) >= 11 is 0. The van der Waals surface area contributed by atoms with Crippen LogP contribution >= 0.6 is 0 Å². The fourth-order valence-electron chi connectivity index (χ4n) is 2.67. The van der Waals surface area contributed by atoms with Crippen LogP contribution in [0.3, 0.4) is 0 Å². The third kappa shape index (κ3) is 3.02. The van der Waals surface area contributed by atoms with Crippen molar-refractivity contribution in [1.29, 1.82) is 0 Å². The zero-order chi connectivity index (χ0) is 15.5. The lowest BCUT2D eigenvalue weighted by molar-refractivity contribution is 0.224. The first kappa shape index (κ1) is 14.7. The minimum atomic E-state index is -0.0584. The van der Waals surface area contributed by atoms with Crippen LogP contribution in [-0.4, -0.2) is 22.1 Å². The van der Waals surface area contributed by atoms with Gasteiger partial charge >= 0.3 is 0 Å². The van der Waals surface area contributed by atoms with Crippen LogP contribution in [0.15, 0.2) is 53.8 Å². The molecule has 2 heterocycles. The molecule has 4 nitrogen and oxygen atoms in total. The fraction of sp³-hybridized carbons (Fsp3) is 0.333. The SMILES string of the molecule is CC(C)C(N)C1N=c2cnccc2=CN1Cc1ccccc1. The van der Waals surface area contributed by atoms with E-state index in [0.29, 0.717) is 5.92 Å². The van der Waals surface area contributed by atoms with Crippen LogP contribution < -0.4 is 16.3 Å². The maximum absolute atomic E-state index is 6.42. The van der Waals surface area contributed by atoms with Gasteiger partial charge in [-0.3, -0.25) is 9.98 Å². The highest BCUT2D eigenvalue weighted by Gasteiger charge is 2.26. The van der Waals surface area contributed by atoms with E-state index in [0.717, 1.165) is 17.1 Å². The average Bonchev–Trinajstić information content (AvgIpc) is 2.54. The van der Waals surface area contributed by atoms with Crippen molar-refractivity contribution in [1.82, 2.24) is 9.88 Å². The summed E-state index contributed by atoms with van der Waals surface area (Å²) in [5, 5.41) is 2.02. The second-order valence-electron chi connectivity index (χ2n) is 6.09. The number of aromatic nitrogens is 1. The van der Waals surface area contributed by atoms with Gasteiger partial charge in [0.25, 0.3) is 0 Å². The average molecular weight is 294 g/mol. The van der Waals surface area contributed by atoms with E-state index in [-0.39, 0.29) is 12.2 Å². The van der Waals surface area contributed by atoms with Crippen LogP contribution in [0.25, 0.3) is 6.20 Å². The minimum absolute atomic E-state index is 0.0201. The Hall–Kier alpha value is -2.20. The quantitative estimate of drug-likeness (QED) is 0.924. The molecule has 0 fully saturated rings. The largest absolute Gasteiger partial charge is 0.350 e. The highest BCUT2D eigenvalue weighted by atomic mass is 15.3. The van der Waals surface area contributed by atoms with Gasteiger partial charge in [-0.25, -0.2) is 0 Å². The predicted molar refractivity (Wildman–Crippen MR) is 88.1 cm³/mol. The Balaban J connectivity index is 1.99. The molecule has 0 saturated carbocycles. The zero-order valence-corrected chi connectivity index (χ0v) is 13.1. The van der Waals surface area contributed by atoms with Crippen molar-refractivity contribution in [3.05, 3.63) is 64.9 Å². The summed E-state index contributed by atoms with van der Waals surface area (Å²) in [5.74, 6) is 0.360. The van der Waals surface area contributed by atoms with Crippen molar-refractivity contribution in [2.75, 3.05) is 0 Å². The molecule has 114 valence electrons. The molecule has 0 aliphatic carbocycles. The highest BCUT2D eigenvalue weighted by molar-refractivity contribution is 5.27. The zero-order valence-electron chi connectivity index (χ0n) is 13.1. The Morgan fingerprint density at radius 3 is 2.68 bits per heavy atom. The smallest absolute Gasteiger partial charge is 0.137 e. The maximum Gasteiger partial charge on any atom is 0.137 e. The predicted octanol–water partition coefficient (Wildman–Crippen LogP) is 1.26. The van der Waals surface area contributed by atoms with E-state index in [1.54, 1.807) is 6.20 Å². The van der Waals surface area contributed by atoms with Crippen molar-refractivity contribution in [3.63, 3.8) is 0 Å². The molecule has 2 unspecified atom stereocenters. The Kier molecular flexibility index (Phi) is 4.20. The molecule has 1 aliphatic rings. The third-order valence-corrected chi connectivity index (χ3v) is 4.07. The van der Waals surface area contributed by atoms with E-state index >= 15 is 0 Å².